The lowest BCUT2D eigenvalue weighted by molar-refractivity contribution is -0.123. The quantitative estimate of drug-likeness (QED) is 0.750. The molecule has 0 aliphatic heterocycles. The van der Waals surface area contributed by atoms with E-state index < -0.39 is 23.9 Å². The number of carbonyl (C=O) groups is 3. The van der Waals surface area contributed by atoms with E-state index in [1.54, 1.807) is 17.5 Å². The smallest absolute Gasteiger partial charge is 0.349 e. The second-order valence-electron chi connectivity index (χ2n) is 4.17. The Morgan fingerprint density at radius 3 is 2.64 bits per heavy atom. The van der Waals surface area contributed by atoms with Crippen molar-refractivity contribution in [2.75, 3.05) is 5.32 Å². The number of hydrogen-bond donors (Lipinski definition) is 2. The molecule has 0 aliphatic rings. The summed E-state index contributed by atoms with van der Waals surface area (Å²) >= 11 is 5.62. The van der Waals surface area contributed by atoms with E-state index in [1.165, 1.54) is 24.3 Å². The van der Waals surface area contributed by atoms with Crippen molar-refractivity contribution in [1.82, 2.24) is 0 Å². The van der Waals surface area contributed by atoms with Crippen molar-refractivity contribution in [3.63, 3.8) is 0 Å². The van der Waals surface area contributed by atoms with Gasteiger partial charge in [-0.15, -0.1) is 22.7 Å². The van der Waals surface area contributed by atoms with Crippen LogP contribution in [0.3, 0.4) is 0 Å². The Kier molecular flexibility index (Phi) is 5.33. The number of primary amides is 1. The summed E-state index contributed by atoms with van der Waals surface area (Å²) in [6.07, 6.45) is -1.00. The van der Waals surface area contributed by atoms with Crippen LogP contribution in [0.2, 0.25) is 0 Å². The molecule has 2 amide bonds. The van der Waals surface area contributed by atoms with Gasteiger partial charge in [-0.05, 0) is 46.4 Å². The normalized spacial score (nSPS) is 11.7. The first-order valence-corrected chi connectivity index (χ1v) is 8.52. The van der Waals surface area contributed by atoms with Gasteiger partial charge in [-0.3, -0.25) is 9.59 Å². The number of rotatable bonds is 5. The van der Waals surface area contributed by atoms with Gasteiger partial charge in [0.2, 0.25) is 0 Å². The van der Waals surface area contributed by atoms with Gasteiger partial charge in [0.1, 0.15) is 9.88 Å². The lowest BCUT2D eigenvalue weighted by atomic mass is 10.3. The van der Waals surface area contributed by atoms with Crippen molar-refractivity contribution in [3.05, 3.63) is 37.8 Å². The molecule has 0 bridgehead atoms. The molecule has 0 radical (unpaired) electrons. The number of hydrogen-bond acceptors (Lipinski definition) is 6. The van der Waals surface area contributed by atoms with Gasteiger partial charge in [-0.1, -0.05) is 0 Å². The standard InChI is InChI=1S/C13H11BrN2O4S2/c1-6(20-13(19)8-2-3-9(14)22-8)11(18)16-12-7(10(15)17)4-5-21-12/h2-6H,1H3,(H2,15,17)(H,16,18)/t6-/m0/s1. The SMILES string of the molecule is C[C@H](OC(=O)c1ccc(Br)s1)C(=O)Nc1sccc1C(N)=O. The molecule has 0 saturated carbocycles. The number of halogens is 1. The van der Waals surface area contributed by atoms with Crippen LogP contribution < -0.4 is 11.1 Å². The molecule has 6 nitrogen and oxygen atoms in total. The first kappa shape index (κ1) is 16.7. The van der Waals surface area contributed by atoms with Crippen LogP contribution in [0.1, 0.15) is 27.0 Å². The van der Waals surface area contributed by atoms with Gasteiger partial charge >= 0.3 is 5.97 Å². The van der Waals surface area contributed by atoms with Crippen LogP contribution in [0.15, 0.2) is 27.4 Å². The zero-order chi connectivity index (χ0) is 16.3. The second-order valence-corrected chi connectivity index (χ2v) is 7.55. The van der Waals surface area contributed by atoms with Crippen molar-refractivity contribution < 1.29 is 19.1 Å². The highest BCUT2D eigenvalue weighted by Crippen LogP contribution is 2.24. The molecule has 9 heteroatoms. The lowest BCUT2D eigenvalue weighted by Gasteiger charge is -2.12. The van der Waals surface area contributed by atoms with Crippen LogP contribution in [0, 0.1) is 0 Å². The molecule has 2 rings (SSSR count). The average molecular weight is 403 g/mol. The van der Waals surface area contributed by atoms with E-state index in [9.17, 15) is 14.4 Å². The molecule has 0 fully saturated rings. The van der Waals surface area contributed by atoms with Crippen LogP contribution in [-0.4, -0.2) is 23.9 Å². The molecule has 22 heavy (non-hydrogen) atoms. The Morgan fingerprint density at radius 2 is 2.05 bits per heavy atom. The van der Waals surface area contributed by atoms with E-state index >= 15 is 0 Å². The maximum atomic E-state index is 12.0. The molecule has 2 aromatic rings. The summed E-state index contributed by atoms with van der Waals surface area (Å²) in [6, 6.07) is 4.84. The molecule has 2 aromatic heterocycles. The maximum absolute atomic E-state index is 12.0. The van der Waals surface area contributed by atoms with E-state index in [0.717, 1.165) is 15.1 Å². The number of carbonyl (C=O) groups excluding carboxylic acids is 3. The van der Waals surface area contributed by atoms with Gasteiger partial charge in [0.25, 0.3) is 11.8 Å². The van der Waals surface area contributed by atoms with Gasteiger partial charge in [-0.2, -0.15) is 0 Å². The van der Waals surface area contributed by atoms with Gasteiger partial charge in [0, 0.05) is 0 Å². The zero-order valence-electron chi connectivity index (χ0n) is 11.3. The molecule has 0 aliphatic carbocycles. The molecule has 0 unspecified atom stereocenters. The summed E-state index contributed by atoms with van der Waals surface area (Å²) in [6.45, 7) is 1.45. The Hall–Kier alpha value is -1.71. The van der Waals surface area contributed by atoms with E-state index in [4.69, 9.17) is 10.5 Å². The van der Waals surface area contributed by atoms with Crippen molar-refractivity contribution in [3.8, 4) is 0 Å². The highest BCUT2D eigenvalue weighted by molar-refractivity contribution is 9.11. The maximum Gasteiger partial charge on any atom is 0.349 e. The highest BCUT2D eigenvalue weighted by atomic mass is 79.9. The van der Waals surface area contributed by atoms with Crippen LogP contribution in [-0.2, 0) is 9.53 Å². The predicted octanol–water partition coefficient (Wildman–Crippen LogP) is 2.86. The number of anilines is 1. The highest BCUT2D eigenvalue weighted by Gasteiger charge is 2.22. The average Bonchev–Trinajstić information content (AvgIpc) is 3.07. The molecule has 0 saturated heterocycles. The van der Waals surface area contributed by atoms with Crippen molar-refractivity contribution >= 4 is 61.4 Å². The fourth-order valence-electron chi connectivity index (χ4n) is 1.51. The number of amides is 2. The van der Waals surface area contributed by atoms with Crippen LogP contribution in [0.25, 0.3) is 0 Å². The molecule has 2 heterocycles. The monoisotopic (exact) mass is 402 g/mol. The van der Waals surface area contributed by atoms with Gasteiger partial charge in [-0.25, -0.2) is 4.79 Å². The number of esters is 1. The van der Waals surface area contributed by atoms with E-state index in [-0.39, 0.29) is 5.56 Å². The third kappa shape index (κ3) is 3.93. The Labute approximate surface area is 142 Å². The Balaban J connectivity index is 1.99. The fraction of sp³-hybridized carbons (Fsp3) is 0.154. The Morgan fingerprint density at radius 1 is 1.32 bits per heavy atom. The molecule has 1 atom stereocenters. The molecular formula is C13H11BrN2O4S2. The lowest BCUT2D eigenvalue weighted by Crippen LogP contribution is -2.30. The molecule has 0 spiro atoms. The fourth-order valence-corrected chi connectivity index (χ4v) is 3.57. The number of thiophene rings is 2. The summed E-state index contributed by atoms with van der Waals surface area (Å²) in [5.41, 5.74) is 5.42. The molecular weight excluding hydrogens is 392 g/mol. The second kappa shape index (κ2) is 7.03. The zero-order valence-corrected chi connectivity index (χ0v) is 14.5. The van der Waals surface area contributed by atoms with Crippen molar-refractivity contribution in [1.29, 1.82) is 0 Å². The number of nitrogens with one attached hydrogen (secondary N) is 1. The summed E-state index contributed by atoms with van der Waals surface area (Å²) in [4.78, 5) is 35.5. The largest absolute Gasteiger partial charge is 0.448 e. The summed E-state index contributed by atoms with van der Waals surface area (Å²) in [5.74, 6) is -1.75. The van der Waals surface area contributed by atoms with Crippen molar-refractivity contribution in [2.24, 2.45) is 5.73 Å². The third-order valence-electron chi connectivity index (χ3n) is 2.59. The van der Waals surface area contributed by atoms with Crippen molar-refractivity contribution in [2.45, 2.75) is 13.0 Å². The minimum Gasteiger partial charge on any atom is -0.448 e. The summed E-state index contributed by atoms with van der Waals surface area (Å²) in [7, 11) is 0. The van der Waals surface area contributed by atoms with Crippen LogP contribution >= 0.6 is 38.6 Å². The van der Waals surface area contributed by atoms with Gasteiger partial charge in [0.15, 0.2) is 6.10 Å². The molecule has 116 valence electrons. The molecule has 0 aromatic carbocycles. The predicted molar refractivity (Wildman–Crippen MR) is 88.4 cm³/mol. The first-order chi connectivity index (χ1) is 10.4. The minimum atomic E-state index is -1.00. The molecule has 3 N–H and O–H groups in total. The minimum absolute atomic E-state index is 0.221. The first-order valence-electron chi connectivity index (χ1n) is 6.03. The van der Waals surface area contributed by atoms with Gasteiger partial charge in [0.05, 0.1) is 9.35 Å². The Bertz CT molecular complexity index is 725. The summed E-state index contributed by atoms with van der Waals surface area (Å²) in [5, 5.41) is 4.50. The number of nitrogens with two attached hydrogens (primary N) is 1. The number of ether oxygens (including phenoxy) is 1. The van der Waals surface area contributed by atoms with E-state index in [0.29, 0.717) is 9.88 Å². The van der Waals surface area contributed by atoms with E-state index in [2.05, 4.69) is 21.2 Å². The topological polar surface area (TPSA) is 98.5 Å². The van der Waals surface area contributed by atoms with Crippen LogP contribution in [0.5, 0.6) is 0 Å². The summed E-state index contributed by atoms with van der Waals surface area (Å²) < 4.78 is 5.88. The van der Waals surface area contributed by atoms with Crippen LogP contribution in [0.4, 0.5) is 5.00 Å². The third-order valence-corrected chi connectivity index (χ3v) is 5.03. The van der Waals surface area contributed by atoms with E-state index in [1.807, 2.05) is 0 Å². The van der Waals surface area contributed by atoms with Gasteiger partial charge < -0.3 is 15.8 Å².